The van der Waals surface area contributed by atoms with Crippen LogP contribution in [0, 0.1) is 11.3 Å². The zero-order chi connectivity index (χ0) is 11.6. The van der Waals surface area contributed by atoms with Gasteiger partial charge in [-0.2, -0.15) is 0 Å². The minimum Gasteiger partial charge on any atom is -0.313 e. The zero-order valence-corrected chi connectivity index (χ0v) is 11.3. The predicted molar refractivity (Wildman–Crippen MR) is 69.6 cm³/mol. The van der Waals surface area contributed by atoms with Crippen molar-refractivity contribution in [3.8, 4) is 0 Å². The number of nitrogens with one attached hydrogen (secondary N) is 1. The lowest BCUT2D eigenvalue weighted by Gasteiger charge is -2.27. The van der Waals surface area contributed by atoms with Crippen molar-refractivity contribution in [2.45, 2.75) is 52.5 Å². The third-order valence-electron chi connectivity index (χ3n) is 4.03. The Morgan fingerprint density at radius 1 is 1.38 bits per heavy atom. The lowest BCUT2D eigenvalue weighted by molar-refractivity contribution is 0.216. The van der Waals surface area contributed by atoms with Crippen LogP contribution in [0.5, 0.6) is 0 Å². The van der Waals surface area contributed by atoms with E-state index in [-0.39, 0.29) is 0 Å². The van der Waals surface area contributed by atoms with Crippen LogP contribution in [0.1, 0.15) is 46.5 Å². The molecular formula is C14H28N2. The van der Waals surface area contributed by atoms with Gasteiger partial charge < -0.3 is 10.2 Å². The van der Waals surface area contributed by atoms with Crippen LogP contribution in [-0.4, -0.2) is 37.1 Å². The van der Waals surface area contributed by atoms with Crippen LogP contribution >= 0.6 is 0 Å². The van der Waals surface area contributed by atoms with Gasteiger partial charge in [0.25, 0.3) is 0 Å². The second-order valence-electron chi connectivity index (χ2n) is 6.68. The molecule has 1 saturated heterocycles. The van der Waals surface area contributed by atoms with Gasteiger partial charge in [-0.25, -0.2) is 0 Å². The Kier molecular flexibility index (Phi) is 3.91. The summed E-state index contributed by atoms with van der Waals surface area (Å²) < 4.78 is 0. The number of nitrogens with zero attached hydrogens (tertiary/aromatic N) is 1. The van der Waals surface area contributed by atoms with Gasteiger partial charge in [0.15, 0.2) is 0 Å². The molecule has 2 fully saturated rings. The van der Waals surface area contributed by atoms with Gasteiger partial charge in [0.1, 0.15) is 0 Å². The molecule has 0 spiro atoms. The van der Waals surface area contributed by atoms with Crippen LogP contribution in [0.15, 0.2) is 0 Å². The summed E-state index contributed by atoms with van der Waals surface area (Å²) in [5.74, 6) is 0.814. The molecular weight excluding hydrogens is 196 g/mol. The monoisotopic (exact) mass is 224 g/mol. The van der Waals surface area contributed by atoms with Gasteiger partial charge in [0, 0.05) is 19.1 Å². The Labute approximate surface area is 101 Å². The van der Waals surface area contributed by atoms with E-state index in [2.05, 4.69) is 31.0 Å². The average molecular weight is 224 g/mol. The molecule has 1 unspecified atom stereocenters. The van der Waals surface area contributed by atoms with Crippen molar-refractivity contribution in [1.82, 2.24) is 10.2 Å². The van der Waals surface area contributed by atoms with E-state index >= 15 is 0 Å². The molecule has 94 valence electrons. The van der Waals surface area contributed by atoms with E-state index in [1.54, 1.807) is 0 Å². The summed E-state index contributed by atoms with van der Waals surface area (Å²) in [7, 11) is 0. The van der Waals surface area contributed by atoms with Crippen LogP contribution in [-0.2, 0) is 0 Å². The Balaban J connectivity index is 1.82. The van der Waals surface area contributed by atoms with Gasteiger partial charge >= 0.3 is 0 Å². The molecule has 2 aliphatic rings. The van der Waals surface area contributed by atoms with Crippen molar-refractivity contribution in [1.29, 1.82) is 0 Å². The molecule has 0 amide bonds. The van der Waals surface area contributed by atoms with Gasteiger partial charge in [-0.1, -0.05) is 20.8 Å². The van der Waals surface area contributed by atoms with Crippen molar-refractivity contribution >= 4 is 0 Å². The molecule has 2 rings (SSSR count). The molecule has 0 aromatic rings. The molecule has 1 aliphatic carbocycles. The number of hydrogen-bond acceptors (Lipinski definition) is 2. The fourth-order valence-corrected chi connectivity index (χ4v) is 2.86. The predicted octanol–water partition coefficient (Wildman–Crippen LogP) is 2.50. The summed E-state index contributed by atoms with van der Waals surface area (Å²) in [5, 5.41) is 3.71. The molecule has 0 aromatic heterocycles. The Morgan fingerprint density at radius 3 is 2.75 bits per heavy atom. The number of rotatable bonds is 4. The van der Waals surface area contributed by atoms with Crippen molar-refractivity contribution < 1.29 is 0 Å². The maximum atomic E-state index is 3.71. The first-order valence-electron chi connectivity index (χ1n) is 7.03. The van der Waals surface area contributed by atoms with E-state index in [9.17, 15) is 0 Å². The molecule has 1 aliphatic heterocycles. The van der Waals surface area contributed by atoms with Gasteiger partial charge in [-0.3, -0.25) is 0 Å². The second-order valence-corrected chi connectivity index (χ2v) is 6.68. The SMILES string of the molecule is CC(C)CC1CN(CC2(C)CC2)CCCN1. The van der Waals surface area contributed by atoms with Gasteiger partial charge in [-0.15, -0.1) is 0 Å². The van der Waals surface area contributed by atoms with E-state index in [1.165, 1.54) is 51.9 Å². The van der Waals surface area contributed by atoms with E-state index < -0.39 is 0 Å². The van der Waals surface area contributed by atoms with Crippen LogP contribution in [0.25, 0.3) is 0 Å². The van der Waals surface area contributed by atoms with Gasteiger partial charge in [0.05, 0.1) is 0 Å². The third-order valence-corrected chi connectivity index (χ3v) is 4.03. The fourth-order valence-electron chi connectivity index (χ4n) is 2.86. The summed E-state index contributed by atoms with van der Waals surface area (Å²) in [6.45, 7) is 12.2. The molecule has 1 heterocycles. The highest BCUT2D eigenvalue weighted by atomic mass is 15.2. The quantitative estimate of drug-likeness (QED) is 0.789. The summed E-state index contributed by atoms with van der Waals surface area (Å²) in [4.78, 5) is 2.71. The Bertz CT molecular complexity index is 221. The van der Waals surface area contributed by atoms with E-state index in [4.69, 9.17) is 0 Å². The lowest BCUT2D eigenvalue weighted by Crippen LogP contribution is -2.40. The summed E-state index contributed by atoms with van der Waals surface area (Å²) in [5.41, 5.74) is 0.673. The highest BCUT2D eigenvalue weighted by Gasteiger charge is 2.39. The fraction of sp³-hybridized carbons (Fsp3) is 1.00. The van der Waals surface area contributed by atoms with E-state index in [0.29, 0.717) is 5.41 Å². The first kappa shape index (κ1) is 12.4. The largest absolute Gasteiger partial charge is 0.313 e. The molecule has 0 radical (unpaired) electrons. The first-order valence-corrected chi connectivity index (χ1v) is 7.03. The molecule has 1 saturated carbocycles. The van der Waals surface area contributed by atoms with Crippen molar-refractivity contribution in [2.75, 3.05) is 26.2 Å². The molecule has 2 heteroatoms. The maximum absolute atomic E-state index is 3.71. The Hall–Kier alpha value is -0.0800. The van der Waals surface area contributed by atoms with Crippen LogP contribution in [0.2, 0.25) is 0 Å². The van der Waals surface area contributed by atoms with Crippen LogP contribution in [0.4, 0.5) is 0 Å². The van der Waals surface area contributed by atoms with Gasteiger partial charge in [-0.05, 0) is 50.1 Å². The molecule has 2 nitrogen and oxygen atoms in total. The van der Waals surface area contributed by atoms with Crippen LogP contribution in [0.3, 0.4) is 0 Å². The molecule has 1 N–H and O–H groups in total. The summed E-state index contributed by atoms with van der Waals surface area (Å²) in [6.07, 6.45) is 5.55. The maximum Gasteiger partial charge on any atom is 0.0197 e. The number of hydrogen-bond donors (Lipinski definition) is 1. The molecule has 0 aromatic carbocycles. The molecule has 0 bridgehead atoms. The topological polar surface area (TPSA) is 15.3 Å². The minimum atomic E-state index is 0.673. The highest BCUT2D eigenvalue weighted by Crippen LogP contribution is 2.45. The standard InChI is InChI=1S/C14H28N2/c1-12(2)9-13-10-16(8-4-7-15-13)11-14(3)5-6-14/h12-13,15H,4-11H2,1-3H3. The third kappa shape index (κ3) is 3.74. The zero-order valence-electron chi connectivity index (χ0n) is 11.3. The smallest absolute Gasteiger partial charge is 0.0197 e. The second kappa shape index (κ2) is 5.05. The van der Waals surface area contributed by atoms with Crippen molar-refractivity contribution in [3.63, 3.8) is 0 Å². The normalized spacial score (nSPS) is 30.4. The van der Waals surface area contributed by atoms with Crippen molar-refractivity contribution in [3.05, 3.63) is 0 Å². The average Bonchev–Trinajstić information content (AvgIpc) is 2.92. The molecule has 16 heavy (non-hydrogen) atoms. The first-order chi connectivity index (χ1) is 7.57. The minimum absolute atomic E-state index is 0.673. The summed E-state index contributed by atoms with van der Waals surface area (Å²) in [6, 6.07) is 0.727. The van der Waals surface area contributed by atoms with E-state index in [0.717, 1.165) is 12.0 Å². The van der Waals surface area contributed by atoms with Crippen LogP contribution < -0.4 is 5.32 Å². The summed E-state index contributed by atoms with van der Waals surface area (Å²) >= 11 is 0. The molecule has 1 atom stereocenters. The van der Waals surface area contributed by atoms with Gasteiger partial charge in [0.2, 0.25) is 0 Å². The van der Waals surface area contributed by atoms with Crippen molar-refractivity contribution in [2.24, 2.45) is 11.3 Å². The Morgan fingerprint density at radius 2 is 2.12 bits per heavy atom. The highest BCUT2D eigenvalue weighted by molar-refractivity contribution is 4.92. The van der Waals surface area contributed by atoms with E-state index in [1.807, 2.05) is 0 Å². The lowest BCUT2D eigenvalue weighted by atomic mass is 10.0.